The lowest BCUT2D eigenvalue weighted by molar-refractivity contribution is 0.601. The van der Waals surface area contributed by atoms with Crippen LogP contribution in [0.15, 0.2) is 51.9 Å². The molecule has 0 fully saturated rings. The summed E-state index contributed by atoms with van der Waals surface area (Å²) in [6.45, 7) is 3.57. The molecule has 80 valence electrons. The monoisotopic (exact) mass is 222 g/mol. The van der Waals surface area contributed by atoms with Crippen LogP contribution in [0.1, 0.15) is 20.3 Å². The molecule has 0 aliphatic heterocycles. The number of benzene rings is 1. The van der Waals surface area contributed by atoms with Crippen molar-refractivity contribution in [1.82, 2.24) is 0 Å². The predicted molar refractivity (Wildman–Crippen MR) is 61.2 cm³/mol. The van der Waals surface area contributed by atoms with Crippen molar-refractivity contribution in [3.05, 3.63) is 47.0 Å². The lowest BCUT2D eigenvalue weighted by atomic mass is 10.4. The van der Waals surface area contributed by atoms with Crippen molar-refractivity contribution < 1.29 is 8.42 Å². The largest absolute Gasteiger partial charge is 0.218 e. The van der Waals surface area contributed by atoms with Crippen LogP contribution in [0.25, 0.3) is 0 Å². The van der Waals surface area contributed by atoms with Crippen molar-refractivity contribution in [1.29, 1.82) is 0 Å². The summed E-state index contributed by atoms with van der Waals surface area (Å²) in [6, 6.07) is 8.43. The van der Waals surface area contributed by atoms with Crippen molar-refractivity contribution in [2.75, 3.05) is 0 Å². The summed E-state index contributed by atoms with van der Waals surface area (Å²) >= 11 is 0. The second-order valence-electron chi connectivity index (χ2n) is 3.03. The standard InChI is InChI=1S/C12H14O2S/c1-3-8-11(4-2)15(13,14)12-9-6-5-7-10-12/h3,5-7,9-10H,4H2,1-2H3. The van der Waals surface area contributed by atoms with E-state index in [2.05, 4.69) is 5.73 Å². The van der Waals surface area contributed by atoms with E-state index in [1.165, 1.54) is 0 Å². The summed E-state index contributed by atoms with van der Waals surface area (Å²) in [7, 11) is -3.34. The van der Waals surface area contributed by atoms with E-state index in [4.69, 9.17) is 0 Å². The lowest BCUT2D eigenvalue weighted by Gasteiger charge is -2.03. The molecule has 0 atom stereocenters. The molecule has 0 heterocycles. The zero-order valence-corrected chi connectivity index (χ0v) is 9.71. The van der Waals surface area contributed by atoms with Crippen LogP contribution in [-0.4, -0.2) is 8.42 Å². The average molecular weight is 222 g/mol. The Bertz CT molecular complexity index is 478. The Balaban J connectivity index is 3.32. The smallest absolute Gasteiger partial charge is 0.209 e. The molecule has 0 saturated carbocycles. The third kappa shape index (κ3) is 2.58. The molecule has 0 aromatic heterocycles. The Hall–Kier alpha value is -1.31. The Morgan fingerprint density at radius 1 is 1.33 bits per heavy atom. The van der Waals surface area contributed by atoms with Gasteiger partial charge in [-0.15, -0.1) is 5.73 Å². The summed E-state index contributed by atoms with van der Waals surface area (Å²) in [4.78, 5) is 0.660. The van der Waals surface area contributed by atoms with Crippen LogP contribution in [0.5, 0.6) is 0 Å². The third-order valence-electron chi connectivity index (χ3n) is 2.00. The van der Waals surface area contributed by atoms with Crippen molar-refractivity contribution in [2.24, 2.45) is 0 Å². The summed E-state index contributed by atoms with van der Waals surface area (Å²) < 4.78 is 24.1. The zero-order chi connectivity index (χ0) is 11.3. The van der Waals surface area contributed by atoms with Crippen molar-refractivity contribution in [2.45, 2.75) is 25.2 Å². The predicted octanol–water partition coefficient (Wildman–Crippen LogP) is 2.93. The van der Waals surface area contributed by atoms with E-state index < -0.39 is 9.84 Å². The molecular formula is C12H14O2S. The second-order valence-corrected chi connectivity index (χ2v) is 5.00. The van der Waals surface area contributed by atoms with E-state index >= 15 is 0 Å². The normalized spacial score (nSPS) is 10.5. The molecule has 0 unspecified atom stereocenters. The van der Waals surface area contributed by atoms with Crippen LogP contribution in [0.2, 0.25) is 0 Å². The van der Waals surface area contributed by atoms with Gasteiger partial charge in [0.15, 0.2) is 0 Å². The molecule has 0 spiro atoms. The Labute approximate surface area is 90.9 Å². The molecule has 1 aromatic carbocycles. The number of rotatable bonds is 3. The summed E-state index contributed by atoms with van der Waals surface area (Å²) in [5.41, 5.74) is 2.77. The molecule has 0 amide bonds. The van der Waals surface area contributed by atoms with Gasteiger partial charge in [-0.25, -0.2) is 8.42 Å². The molecule has 0 aliphatic carbocycles. The Kier molecular flexibility index (Phi) is 3.89. The van der Waals surface area contributed by atoms with Gasteiger partial charge in [-0.3, -0.25) is 0 Å². The maximum absolute atomic E-state index is 12.0. The maximum Gasteiger partial charge on any atom is 0.209 e. The van der Waals surface area contributed by atoms with Crippen LogP contribution in [0, 0.1) is 0 Å². The maximum atomic E-state index is 12.0. The number of hydrogen-bond acceptors (Lipinski definition) is 2. The van der Waals surface area contributed by atoms with E-state index in [9.17, 15) is 8.42 Å². The van der Waals surface area contributed by atoms with Gasteiger partial charge in [0.1, 0.15) is 0 Å². The molecule has 0 radical (unpaired) electrons. The quantitative estimate of drug-likeness (QED) is 0.737. The van der Waals surface area contributed by atoms with Gasteiger partial charge in [0.2, 0.25) is 9.84 Å². The minimum atomic E-state index is -3.34. The Morgan fingerprint density at radius 3 is 2.40 bits per heavy atom. The van der Waals surface area contributed by atoms with Gasteiger partial charge >= 0.3 is 0 Å². The van der Waals surface area contributed by atoms with Crippen LogP contribution in [-0.2, 0) is 9.84 Å². The fourth-order valence-corrected chi connectivity index (χ4v) is 2.73. The van der Waals surface area contributed by atoms with Gasteiger partial charge in [0.05, 0.1) is 9.80 Å². The summed E-state index contributed by atoms with van der Waals surface area (Å²) in [6.07, 6.45) is 2.08. The third-order valence-corrected chi connectivity index (χ3v) is 3.95. The first-order valence-corrected chi connectivity index (χ1v) is 6.31. The van der Waals surface area contributed by atoms with Gasteiger partial charge in [0, 0.05) is 0 Å². The van der Waals surface area contributed by atoms with Crippen molar-refractivity contribution in [3.8, 4) is 0 Å². The van der Waals surface area contributed by atoms with E-state index in [-0.39, 0.29) is 0 Å². The number of sulfone groups is 1. The highest BCUT2D eigenvalue weighted by Crippen LogP contribution is 2.20. The van der Waals surface area contributed by atoms with Crippen LogP contribution >= 0.6 is 0 Å². The van der Waals surface area contributed by atoms with Gasteiger partial charge < -0.3 is 0 Å². The van der Waals surface area contributed by atoms with Gasteiger partial charge in [-0.05, 0) is 31.6 Å². The Morgan fingerprint density at radius 2 is 1.93 bits per heavy atom. The lowest BCUT2D eigenvalue weighted by Crippen LogP contribution is -2.03. The molecule has 3 heteroatoms. The minimum Gasteiger partial charge on any atom is -0.218 e. The van der Waals surface area contributed by atoms with Crippen LogP contribution in [0.3, 0.4) is 0 Å². The molecule has 1 rings (SSSR count). The molecule has 2 nitrogen and oxygen atoms in total. The highest BCUT2D eigenvalue weighted by Gasteiger charge is 2.17. The SMILES string of the molecule is CC=C=C(CC)S(=O)(=O)c1ccccc1. The van der Waals surface area contributed by atoms with E-state index in [0.29, 0.717) is 16.2 Å². The zero-order valence-electron chi connectivity index (χ0n) is 8.90. The van der Waals surface area contributed by atoms with Crippen molar-refractivity contribution >= 4 is 9.84 Å². The first kappa shape index (κ1) is 11.8. The van der Waals surface area contributed by atoms with Gasteiger partial charge in [-0.2, -0.15) is 0 Å². The van der Waals surface area contributed by atoms with Crippen LogP contribution in [0.4, 0.5) is 0 Å². The van der Waals surface area contributed by atoms with Crippen LogP contribution < -0.4 is 0 Å². The van der Waals surface area contributed by atoms with E-state index in [1.54, 1.807) is 43.3 Å². The fraction of sp³-hybridized carbons (Fsp3) is 0.250. The molecule has 0 aliphatic rings. The summed E-state index contributed by atoms with van der Waals surface area (Å²) in [5.74, 6) is 0. The number of allylic oxidation sites excluding steroid dienone is 1. The molecule has 1 aromatic rings. The minimum absolute atomic E-state index is 0.330. The van der Waals surface area contributed by atoms with Crippen molar-refractivity contribution in [3.63, 3.8) is 0 Å². The fourth-order valence-electron chi connectivity index (χ4n) is 1.27. The average Bonchev–Trinajstić information content (AvgIpc) is 2.27. The molecule has 0 saturated heterocycles. The molecule has 15 heavy (non-hydrogen) atoms. The molecule has 0 N–H and O–H groups in total. The van der Waals surface area contributed by atoms with Gasteiger partial charge in [0.25, 0.3) is 0 Å². The summed E-state index contributed by atoms with van der Waals surface area (Å²) in [5, 5.41) is 0. The molecule has 0 bridgehead atoms. The highest BCUT2D eigenvalue weighted by molar-refractivity contribution is 7.95. The van der Waals surface area contributed by atoms with Gasteiger partial charge in [-0.1, -0.05) is 25.1 Å². The second kappa shape index (κ2) is 4.96. The first-order chi connectivity index (χ1) is 7.12. The van der Waals surface area contributed by atoms with E-state index in [0.717, 1.165) is 0 Å². The topological polar surface area (TPSA) is 34.1 Å². The first-order valence-electron chi connectivity index (χ1n) is 4.83. The molecular weight excluding hydrogens is 208 g/mol. The number of hydrogen-bond donors (Lipinski definition) is 0. The highest BCUT2D eigenvalue weighted by atomic mass is 32.2. The van der Waals surface area contributed by atoms with E-state index in [1.807, 2.05) is 6.92 Å².